The van der Waals surface area contributed by atoms with Crippen LogP contribution in [0.4, 0.5) is 0 Å². The summed E-state index contributed by atoms with van der Waals surface area (Å²) in [7, 11) is 0. The first kappa shape index (κ1) is 11.9. The summed E-state index contributed by atoms with van der Waals surface area (Å²) < 4.78 is 0. The van der Waals surface area contributed by atoms with Crippen molar-refractivity contribution in [3.05, 3.63) is 34.9 Å². The molecule has 0 aromatic heterocycles. The van der Waals surface area contributed by atoms with Gasteiger partial charge in [0.1, 0.15) is 0 Å². The Morgan fingerprint density at radius 3 is 2.44 bits per heavy atom. The fraction of sp³-hybridized carbons (Fsp3) is 0.571. The maximum absolute atomic E-state index is 5.87. The van der Waals surface area contributed by atoms with Crippen LogP contribution >= 0.6 is 11.6 Å². The predicted octanol–water partition coefficient (Wildman–Crippen LogP) is 3.66. The molecule has 1 fully saturated rings. The highest BCUT2D eigenvalue weighted by molar-refractivity contribution is 6.30. The molecule has 0 saturated heterocycles. The molecule has 1 aromatic carbocycles. The van der Waals surface area contributed by atoms with Gasteiger partial charge in [-0.05, 0) is 56.7 Å². The van der Waals surface area contributed by atoms with E-state index in [4.69, 9.17) is 11.6 Å². The number of hydrogen-bond donors (Lipinski definition) is 1. The van der Waals surface area contributed by atoms with E-state index in [1.54, 1.807) is 0 Å². The minimum atomic E-state index is 0.539. The molecule has 0 aliphatic heterocycles. The molecule has 2 rings (SSSR count). The van der Waals surface area contributed by atoms with Gasteiger partial charge >= 0.3 is 0 Å². The van der Waals surface area contributed by atoms with Gasteiger partial charge in [0.15, 0.2) is 0 Å². The van der Waals surface area contributed by atoms with Crippen molar-refractivity contribution >= 4 is 11.6 Å². The molecular weight excluding hydrogens is 218 g/mol. The molecule has 88 valence electrons. The van der Waals surface area contributed by atoms with Crippen LogP contribution in [0.15, 0.2) is 24.3 Å². The summed E-state index contributed by atoms with van der Waals surface area (Å²) in [6.45, 7) is 4.56. The molecule has 0 amide bonds. The third-order valence-corrected chi connectivity index (χ3v) is 3.58. The fourth-order valence-corrected chi connectivity index (χ4v) is 2.34. The van der Waals surface area contributed by atoms with E-state index in [1.807, 2.05) is 12.1 Å². The zero-order valence-electron chi connectivity index (χ0n) is 10.0. The van der Waals surface area contributed by atoms with E-state index in [1.165, 1.54) is 18.4 Å². The van der Waals surface area contributed by atoms with Gasteiger partial charge in [-0.1, -0.05) is 23.7 Å². The first-order valence-corrected chi connectivity index (χ1v) is 6.53. The summed E-state index contributed by atoms with van der Waals surface area (Å²) in [5.41, 5.74) is 1.35. The molecule has 1 aliphatic rings. The van der Waals surface area contributed by atoms with Crippen molar-refractivity contribution in [1.29, 1.82) is 0 Å². The Labute approximate surface area is 103 Å². The summed E-state index contributed by atoms with van der Waals surface area (Å²) in [6.07, 6.45) is 3.89. The Kier molecular flexibility index (Phi) is 3.88. The van der Waals surface area contributed by atoms with Crippen molar-refractivity contribution in [3.63, 3.8) is 0 Å². The second-order valence-corrected chi connectivity index (χ2v) is 5.46. The van der Waals surface area contributed by atoms with Crippen LogP contribution in [0.1, 0.15) is 32.3 Å². The molecule has 1 aliphatic carbocycles. The van der Waals surface area contributed by atoms with Gasteiger partial charge in [-0.25, -0.2) is 0 Å². The maximum atomic E-state index is 5.87. The highest BCUT2D eigenvalue weighted by Crippen LogP contribution is 2.32. The highest BCUT2D eigenvalue weighted by atomic mass is 35.5. The van der Waals surface area contributed by atoms with E-state index in [0.29, 0.717) is 12.1 Å². The Balaban J connectivity index is 1.81. The van der Waals surface area contributed by atoms with Crippen molar-refractivity contribution in [2.45, 2.75) is 45.2 Å². The van der Waals surface area contributed by atoms with Gasteiger partial charge in [0.25, 0.3) is 0 Å². The molecular formula is C14H20ClN. The van der Waals surface area contributed by atoms with Gasteiger partial charge in [0.2, 0.25) is 0 Å². The molecule has 0 bridgehead atoms. The van der Waals surface area contributed by atoms with Crippen LogP contribution in [0.5, 0.6) is 0 Å². The fourth-order valence-electron chi connectivity index (χ4n) is 2.21. The molecule has 0 spiro atoms. The molecule has 1 aromatic rings. The van der Waals surface area contributed by atoms with Crippen molar-refractivity contribution in [2.24, 2.45) is 5.92 Å². The Bertz CT molecular complexity index is 329. The van der Waals surface area contributed by atoms with Crippen LogP contribution in [-0.4, -0.2) is 12.1 Å². The van der Waals surface area contributed by atoms with E-state index in [9.17, 15) is 0 Å². The second-order valence-electron chi connectivity index (χ2n) is 5.02. The normalized spacial score (nSPS) is 19.4. The predicted molar refractivity (Wildman–Crippen MR) is 69.9 cm³/mol. The van der Waals surface area contributed by atoms with Crippen molar-refractivity contribution in [3.8, 4) is 0 Å². The maximum Gasteiger partial charge on any atom is 0.0406 e. The van der Waals surface area contributed by atoms with E-state index < -0.39 is 0 Å². The van der Waals surface area contributed by atoms with Crippen molar-refractivity contribution in [1.82, 2.24) is 5.32 Å². The Hall–Kier alpha value is -0.530. The third-order valence-electron chi connectivity index (χ3n) is 3.33. The van der Waals surface area contributed by atoms with Crippen LogP contribution in [0.2, 0.25) is 5.02 Å². The first-order valence-electron chi connectivity index (χ1n) is 6.15. The summed E-state index contributed by atoms with van der Waals surface area (Å²) in [6, 6.07) is 9.37. The van der Waals surface area contributed by atoms with Crippen molar-refractivity contribution in [2.75, 3.05) is 0 Å². The summed E-state index contributed by atoms with van der Waals surface area (Å²) in [5, 5.41) is 4.49. The average molecular weight is 238 g/mol. The largest absolute Gasteiger partial charge is 0.311 e. The van der Waals surface area contributed by atoms with Crippen molar-refractivity contribution < 1.29 is 0 Å². The summed E-state index contributed by atoms with van der Waals surface area (Å²) in [5.74, 6) is 0.924. The lowest BCUT2D eigenvalue weighted by Crippen LogP contribution is -2.37. The zero-order valence-corrected chi connectivity index (χ0v) is 10.8. The smallest absolute Gasteiger partial charge is 0.0406 e. The lowest BCUT2D eigenvalue weighted by Gasteiger charge is -2.19. The number of rotatable bonds is 5. The molecule has 16 heavy (non-hydrogen) atoms. The molecule has 0 radical (unpaired) electrons. The third kappa shape index (κ3) is 3.50. The molecule has 2 unspecified atom stereocenters. The van der Waals surface area contributed by atoms with Crippen LogP contribution in [0.25, 0.3) is 0 Å². The quantitative estimate of drug-likeness (QED) is 0.824. The zero-order chi connectivity index (χ0) is 11.5. The van der Waals surface area contributed by atoms with E-state index in [0.717, 1.165) is 17.4 Å². The number of nitrogens with one attached hydrogen (secondary N) is 1. The van der Waals surface area contributed by atoms with E-state index in [-0.39, 0.29) is 0 Å². The molecule has 1 N–H and O–H groups in total. The second kappa shape index (κ2) is 5.20. The van der Waals surface area contributed by atoms with Crippen LogP contribution < -0.4 is 5.32 Å². The molecule has 2 atom stereocenters. The minimum Gasteiger partial charge on any atom is -0.311 e. The van der Waals surface area contributed by atoms with Crippen LogP contribution in [0, 0.1) is 5.92 Å². The van der Waals surface area contributed by atoms with E-state index >= 15 is 0 Å². The van der Waals surface area contributed by atoms with Gasteiger partial charge in [0, 0.05) is 17.1 Å². The summed E-state index contributed by atoms with van der Waals surface area (Å²) in [4.78, 5) is 0. The molecule has 0 heterocycles. The monoisotopic (exact) mass is 237 g/mol. The van der Waals surface area contributed by atoms with Gasteiger partial charge < -0.3 is 5.32 Å². The van der Waals surface area contributed by atoms with Crippen LogP contribution in [-0.2, 0) is 6.42 Å². The van der Waals surface area contributed by atoms with Crippen LogP contribution in [0.3, 0.4) is 0 Å². The topological polar surface area (TPSA) is 12.0 Å². The summed E-state index contributed by atoms with van der Waals surface area (Å²) >= 11 is 5.87. The SMILES string of the molecule is CC(Cc1ccc(Cl)cc1)NC(C)C1CC1. The lowest BCUT2D eigenvalue weighted by molar-refractivity contribution is 0.430. The molecule has 1 saturated carbocycles. The molecule has 2 heteroatoms. The Morgan fingerprint density at radius 1 is 1.25 bits per heavy atom. The van der Waals surface area contributed by atoms with Gasteiger partial charge in [0.05, 0.1) is 0 Å². The number of halogens is 1. The highest BCUT2D eigenvalue weighted by Gasteiger charge is 2.28. The standard InChI is InChI=1S/C14H20ClN/c1-10(16-11(2)13-5-6-13)9-12-3-7-14(15)8-4-12/h3-4,7-8,10-11,13,16H,5-6,9H2,1-2H3. The van der Waals surface area contributed by atoms with E-state index in [2.05, 4.69) is 31.3 Å². The average Bonchev–Trinajstić information content (AvgIpc) is 3.04. The molecule has 1 nitrogen and oxygen atoms in total. The lowest BCUT2D eigenvalue weighted by atomic mass is 10.1. The Morgan fingerprint density at radius 2 is 1.88 bits per heavy atom. The van der Waals surface area contributed by atoms with Gasteiger partial charge in [-0.2, -0.15) is 0 Å². The first-order chi connectivity index (χ1) is 7.65. The minimum absolute atomic E-state index is 0.539. The number of benzene rings is 1. The van der Waals surface area contributed by atoms with Gasteiger partial charge in [-0.3, -0.25) is 0 Å². The van der Waals surface area contributed by atoms with Gasteiger partial charge in [-0.15, -0.1) is 0 Å². The number of hydrogen-bond acceptors (Lipinski definition) is 1.